The van der Waals surface area contributed by atoms with Crippen LogP contribution in [0.5, 0.6) is 0 Å². The molecule has 2 heterocycles. The molecule has 0 aliphatic rings. The molecule has 0 atom stereocenters. The summed E-state index contributed by atoms with van der Waals surface area (Å²) in [5.41, 5.74) is 1.40. The van der Waals surface area contributed by atoms with E-state index in [1.54, 1.807) is 30.5 Å². The van der Waals surface area contributed by atoms with E-state index in [0.29, 0.717) is 22.9 Å². The third-order valence-corrected chi connectivity index (χ3v) is 6.13. The highest BCUT2D eigenvalue weighted by Gasteiger charge is 2.14. The molecule has 8 nitrogen and oxygen atoms in total. The number of hydrogen-bond acceptors (Lipinski definition) is 7. The summed E-state index contributed by atoms with van der Waals surface area (Å²) in [4.78, 5) is 28.3. The molecule has 34 heavy (non-hydrogen) atoms. The van der Waals surface area contributed by atoms with E-state index in [1.807, 2.05) is 30.3 Å². The number of benzene rings is 2. The minimum atomic E-state index is -0.611. The molecule has 0 bridgehead atoms. The van der Waals surface area contributed by atoms with Gasteiger partial charge in [-0.2, -0.15) is 5.26 Å². The van der Waals surface area contributed by atoms with Gasteiger partial charge in [0.25, 0.3) is 11.6 Å². The lowest BCUT2D eigenvalue weighted by Crippen LogP contribution is -2.13. The molecule has 0 aliphatic carbocycles. The standard InChI is InChI=1S/C24H15BrN4O4S/c25-18-6-4-15(5-7-18)10-21-14-27-24(34-21)28-23(30)17(13-26)12-20-8-9-22(33-20)16-2-1-3-19(11-16)29(31)32/h1-9,11-12,14H,10H2,(H,27,28,30). The Morgan fingerprint density at radius 1 is 1.24 bits per heavy atom. The van der Waals surface area contributed by atoms with Crippen LogP contribution in [0.3, 0.4) is 0 Å². The number of anilines is 1. The molecule has 2 aromatic carbocycles. The fourth-order valence-electron chi connectivity index (χ4n) is 3.06. The van der Waals surface area contributed by atoms with E-state index in [-0.39, 0.29) is 17.0 Å². The molecular formula is C24H15BrN4O4S. The van der Waals surface area contributed by atoms with Gasteiger partial charge >= 0.3 is 0 Å². The van der Waals surface area contributed by atoms with E-state index in [0.717, 1.165) is 14.9 Å². The van der Waals surface area contributed by atoms with Gasteiger partial charge in [0.15, 0.2) is 5.13 Å². The summed E-state index contributed by atoms with van der Waals surface area (Å²) in [5, 5.41) is 23.5. The van der Waals surface area contributed by atoms with Gasteiger partial charge in [-0.15, -0.1) is 11.3 Å². The van der Waals surface area contributed by atoms with Crippen molar-refractivity contribution in [3.63, 3.8) is 0 Å². The Bertz CT molecular complexity index is 1430. The number of thiazole rings is 1. The van der Waals surface area contributed by atoms with Crippen molar-refractivity contribution in [3.8, 4) is 17.4 Å². The van der Waals surface area contributed by atoms with Gasteiger partial charge in [-0.3, -0.25) is 20.2 Å². The molecule has 4 rings (SSSR count). The Balaban J connectivity index is 1.45. The maximum absolute atomic E-state index is 12.6. The summed E-state index contributed by atoms with van der Waals surface area (Å²) in [6, 6.07) is 19.0. The molecule has 0 radical (unpaired) electrons. The lowest BCUT2D eigenvalue weighted by molar-refractivity contribution is -0.384. The first-order valence-electron chi connectivity index (χ1n) is 9.88. The smallest absolute Gasteiger partial charge is 0.270 e. The highest BCUT2D eigenvalue weighted by molar-refractivity contribution is 9.10. The van der Waals surface area contributed by atoms with Gasteiger partial charge in [-0.05, 0) is 29.8 Å². The van der Waals surface area contributed by atoms with Crippen molar-refractivity contribution in [2.75, 3.05) is 5.32 Å². The number of amides is 1. The lowest BCUT2D eigenvalue weighted by Gasteiger charge is -2.00. The summed E-state index contributed by atoms with van der Waals surface area (Å²) in [6.07, 6.45) is 3.68. The average Bonchev–Trinajstić information content (AvgIpc) is 3.48. The first kappa shape index (κ1) is 23.1. The predicted octanol–water partition coefficient (Wildman–Crippen LogP) is 6.21. The number of hydrogen-bond donors (Lipinski definition) is 1. The summed E-state index contributed by atoms with van der Waals surface area (Å²) in [5.74, 6) is 0.0359. The van der Waals surface area contributed by atoms with Crippen molar-refractivity contribution < 1.29 is 14.1 Å². The topological polar surface area (TPSA) is 122 Å². The molecule has 10 heteroatoms. The molecule has 0 saturated heterocycles. The molecule has 1 amide bonds. The third-order valence-electron chi connectivity index (χ3n) is 4.69. The number of non-ortho nitro benzene ring substituents is 1. The number of rotatable bonds is 7. The molecule has 0 spiro atoms. The quantitative estimate of drug-likeness (QED) is 0.130. The fraction of sp³-hybridized carbons (Fsp3) is 0.0417. The first-order valence-corrected chi connectivity index (χ1v) is 11.5. The van der Waals surface area contributed by atoms with Gasteiger partial charge in [0.2, 0.25) is 0 Å². The fourth-order valence-corrected chi connectivity index (χ4v) is 4.17. The van der Waals surface area contributed by atoms with E-state index in [2.05, 4.69) is 26.2 Å². The van der Waals surface area contributed by atoms with Crippen LogP contribution in [-0.4, -0.2) is 15.8 Å². The highest BCUT2D eigenvalue weighted by atomic mass is 79.9. The second kappa shape index (κ2) is 10.2. The SMILES string of the molecule is N#CC(=Cc1ccc(-c2cccc([N+](=O)[O-])c2)o1)C(=O)Nc1ncc(Cc2ccc(Br)cc2)s1. The van der Waals surface area contributed by atoms with Crippen molar-refractivity contribution in [2.45, 2.75) is 6.42 Å². The van der Waals surface area contributed by atoms with Crippen LogP contribution in [0.25, 0.3) is 17.4 Å². The Morgan fingerprint density at radius 2 is 2.03 bits per heavy atom. The van der Waals surface area contributed by atoms with Crippen LogP contribution >= 0.6 is 27.3 Å². The molecule has 1 N–H and O–H groups in total. The first-order chi connectivity index (χ1) is 16.4. The van der Waals surface area contributed by atoms with Gasteiger partial charge in [-0.25, -0.2) is 4.98 Å². The van der Waals surface area contributed by atoms with Crippen molar-refractivity contribution in [1.82, 2.24) is 4.98 Å². The number of nitro groups is 1. The van der Waals surface area contributed by atoms with E-state index in [9.17, 15) is 20.2 Å². The van der Waals surface area contributed by atoms with Crippen LogP contribution in [0.2, 0.25) is 0 Å². The summed E-state index contributed by atoms with van der Waals surface area (Å²) >= 11 is 4.74. The lowest BCUT2D eigenvalue weighted by atomic mass is 10.1. The second-order valence-electron chi connectivity index (χ2n) is 7.07. The Kier molecular flexibility index (Phi) is 6.96. The van der Waals surface area contributed by atoms with Crippen LogP contribution in [0.4, 0.5) is 10.8 Å². The summed E-state index contributed by atoms with van der Waals surface area (Å²) in [6.45, 7) is 0. The number of nitrogens with zero attached hydrogens (tertiary/aromatic N) is 3. The van der Waals surface area contributed by atoms with Gasteiger partial charge in [0.1, 0.15) is 23.2 Å². The molecule has 0 fully saturated rings. The van der Waals surface area contributed by atoms with E-state index in [1.165, 1.54) is 29.5 Å². The van der Waals surface area contributed by atoms with E-state index < -0.39 is 10.8 Å². The molecule has 0 aliphatic heterocycles. The number of nitrogens with one attached hydrogen (secondary N) is 1. The van der Waals surface area contributed by atoms with Crippen molar-refractivity contribution in [3.05, 3.63) is 103 Å². The molecule has 168 valence electrons. The Morgan fingerprint density at radius 3 is 2.76 bits per heavy atom. The monoisotopic (exact) mass is 534 g/mol. The zero-order valence-corrected chi connectivity index (χ0v) is 19.8. The largest absolute Gasteiger partial charge is 0.457 e. The number of nitro benzene ring substituents is 1. The molecule has 2 aromatic heterocycles. The zero-order valence-electron chi connectivity index (χ0n) is 17.4. The number of halogens is 1. The number of furan rings is 1. The van der Waals surface area contributed by atoms with Gasteiger partial charge < -0.3 is 4.42 Å². The minimum Gasteiger partial charge on any atom is -0.457 e. The van der Waals surface area contributed by atoms with Crippen LogP contribution in [0.15, 0.2) is 81.3 Å². The molecular weight excluding hydrogens is 520 g/mol. The molecule has 0 unspecified atom stereocenters. The summed E-state index contributed by atoms with van der Waals surface area (Å²) in [7, 11) is 0. The molecule has 0 saturated carbocycles. The van der Waals surface area contributed by atoms with Crippen LogP contribution < -0.4 is 5.32 Å². The van der Waals surface area contributed by atoms with Crippen molar-refractivity contribution >= 4 is 50.1 Å². The van der Waals surface area contributed by atoms with E-state index in [4.69, 9.17) is 4.42 Å². The van der Waals surface area contributed by atoms with Crippen LogP contribution in [0.1, 0.15) is 16.2 Å². The van der Waals surface area contributed by atoms with Gasteiger partial charge in [0, 0.05) is 45.7 Å². The second-order valence-corrected chi connectivity index (χ2v) is 9.10. The minimum absolute atomic E-state index is 0.0639. The van der Waals surface area contributed by atoms with Crippen molar-refractivity contribution in [1.29, 1.82) is 5.26 Å². The number of aromatic nitrogens is 1. The molecule has 4 aromatic rings. The number of carbonyl (C=O) groups excluding carboxylic acids is 1. The third kappa shape index (κ3) is 5.64. The Labute approximate surface area is 206 Å². The Hall–Kier alpha value is -4.07. The zero-order chi connectivity index (χ0) is 24.1. The maximum atomic E-state index is 12.6. The van der Waals surface area contributed by atoms with E-state index >= 15 is 0 Å². The van der Waals surface area contributed by atoms with Crippen molar-refractivity contribution in [2.24, 2.45) is 0 Å². The highest BCUT2D eigenvalue weighted by Crippen LogP contribution is 2.27. The van der Waals surface area contributed by atoms with Crippen LogP contribution in [0, 0.1) is 21.4 Å². The van der Waals surface area contributed by atoms with Crippen LogP contribution in [-0.2, 0) is 11.2 Å². The normalized spacial score (nSPS) is 11.1. The van der Waals surface area contributed by atoms with Gasteiger partial charge in [-0.1, -0.05) is 40.2 Å². The van der Waals surface area contributed by atoms with Gasteiger partial charge in [0.05, 0.1) is 4.92 Å². The predicted molar refractivity (Wildman–Crippen MR) is 132 cm³/mol. The summed E-state index contributed by atoms with van der Waals surface area (Å²) < 4.78 is 6.67. The number of carbonyl (C=O) groups is 1. The number of nitriles is 1. The average molecular weight is 535 g/mol. The maximum Gasteiger partial charge on any atom is 0.270 e.